The largest absolute Gasteiger partial charge is 0.336 e. The maximum Gasteiger partial charge on any atom is 0.333 e. The van der Waals surface area contributed by atoms with Crippen LogP contribution in [0.5, 0.6) is 0 Å². The van der Waals surface area contributed by atoms with Crippen LogP contribution in [0.15, 0.2) is 17.5 Å². The number of nitrogens with one attached hydrogen (secondary N) is 3. The lowest BCUT2D eigenvalue weighted by Crippen LogP contribution is -2.47. The van der Waals surface area contributed by atoms with E-state index < -0.39 is 11.9 Å². The van der Waals surface area contributed by atoms with Crippen molar-refractivity contribution in [3.8, 4) is 0 Å². The van der Waals surface area contributed by atoms with Gasteiger partial charge >= 0.3 is 6.03 Å². The Morgan fingerprint density at radius 2 is 2.19 bits per heavy atom. The van der Waals surface area contributed by atoms with Crippen LogP contribution in [0.4, 0.5) is 4.79 Å². The second kappa shape index (κ2) is 7.08. The monoisotopic (exact) mass is 261 g/mol. The van der Waals surface area contributed by atoms with E-state index in [1.807, 2.05) is 17.5 Å². The molecule has 7 heteroatoms. The number of hydrogen-bond donors (Lipinski definition) is 3. The molecule has 3 N–H and O–H groups in total. The van der Waals surface area contributed by atoms with Crippen LogP contribution in [-0.4, -0.2) is 24.4 Å². The molecule has 0 aliphatic heterocycles. The molecular weight excluding hydrogens is 250 g/mol. The first-order chi connectivity index (χ1) is 7.72. The number of urea groups is 1. The minimum absolute atomic E-state index is 0.185. The fourth-order valence-electron chi connectivity index (χ4n) is 0.958. The lowest BCUT2D eigenvalue weighted by atomic mass is 10.3. The Balaban J connectivity index is 2.09. The van der Waals surface area contributed by atoms with Gasteiger partial charge in [-0.15, -0.1) is 22.9 Å². The predicted molar refractivity (Wildman–Crippen MR) is 63.4 cm³/mol. The molecule has 0 atom stereocenters. The van der Waals surface area contributed by atoms with Crippen LogP contribution in [-0.2, 0) is 11.2 Å². The Morgan fingerprint density at radius 3 is 2.81 bits per heavy atom. The minimum atomic E-state index is -0.449. The lowest BCUT2D eigenvalue weighted by molar-refractivity contribution is -0.119. The molecule has 0 aromatic carbocycles. The fraction of sp³-hybridized carbons (Fsp3) is 0.333. The quantitative estimate of drug-likeness (QED) is 0.556. The maximum atomic E-state index is 11.1. The summed E-state index contributed by atoms with van der Waals surface area (Å²) in [6, 6.07) is 3.51. The van der Waals surface area contributed by atoms with Gasteiger partial charge in [-0.05, 0) is 17.9 Å². The molecule has 88 valence electrons. The molecule has 3 amide bonds. The van der Waals surface area contributed by atoms with Gasteiger partial charge in [-0.25, -0.2) is 10.2 Å². The van der Waals surface area contributed by atoms with E-state index in [0.29, 0.717) is 6.54 Å². The molecule has 16 heavy (non-hydrogen) atoms. The van der Waals surface area contributed by atoms with Crippen molar-refractivity contribution in [1.82, 2.24) is 16.2 Å². The van der Waals surface area contributed by atoms with E-state index in [-0.39, 0.29) is 5.88 Å². The summed E-state index contributed by atoms with van der Waals surface area (Å²) in [6.45, 7) is 0.517. The van der Waals surface area contributed by atoms with Crippen molar-refractivity contribution in [3.05, 3.63) is 22.4 Å². The summed E-state index contributed by atoms with van der Waals surface area (Å²) >= 11 is 6.86. The zero-order valence-corrected chi connectivity index (χ0v) is 10.0. The summed E-state index contributed by atoms with van der Waals surface area (Å²) < 4.78 is 0. The fourth-order valence-corrected chi connectivity index (χ4v) is 1.73. The van der Waals surface area contributed by atoms with Crippen molar-refractivity contribution in [3.63, 3.8) is 0 Å². The third-order valence-electron chi connectivity index (χ3n) is 1.67. The SMILES string of the molecule is O=C(CCl)NNC(=O)NCCc1cccs1. The molecule has 0 saturated carbocycles. The van der Waals surface area contributed by atoms with Crippen molar-refractivity contribution in [1.29, 1.82) is 0 Å². The summed E-state index contributed by atoms with van der Waals surface area (Å²) in [5.74, 6) is -0.634. The molecule has 1 aromatic rings. The molecule has 0 fully saturated rings. The molecule has 0 saturated heterocycles. The van der Waals surface area contributed by atoms with Gasteiger partial charge in [0.1, 0.15) is 5.88 Å². The summed E-state index contributed by atoms with van der Waals surface area (Å²) in [5, 5.41) is 4.58. The van der Waals surface area contributed by atoms with E-state index in [9.17, 15) is 9.59 Å². The highest BCUT2D eigenvalue weighted by Gasteiger charge is 2.02. The van der Waals surface area contributed by atoms with Crippen molar-refractivity contribution in [2.24, 2.45) is 0 Å². The molecular formula is C9H12ClN3O2S. The Morgan fingerprint density at radius 1 is 1.38 bits per heavy atom. The van der Waals surface area contributed by atoms with Gasteiger partial charge in [-0.2, -0.15) is 0 Å². The zero-order chi connectivity index (χ0) is 11.8. The summed E-state index contributed by atoms with van der Waals surface area (Å²) in [6.07, 6.45) is 0.772. The van der Waals surface area contributed by atoms with E-state index in [1.54, 1.807) is 11.3 Å². The average molecular weight is 262 g/mol. The van der Waals surface area contributed by atoms with E-state index >= 15 is 0 Å². The van der Waals surface area contributed by atoms with Gasteiger partial charge in [-0.3, -0.25) is 10.2 Å². The Bertz CT molecular complexity index is 343. The van der Waals surface area contributed by atoms with Gasteiger partial charge in [0.05, 0.1) is 0 Å². The minimum Gasteiger partial charge on any atom is -0.336 e. The molecule has 1 aromatic heterocycles. The molecule has 0 unspecified atom stereocenters. The van der Waals surface area contributed by atoms with Gasteiger partial charge in [0.25, 0.3) is 5.91 Å². The van der Waals surface area contributed by atoms with Crippen LogP contribution in [0.3, 0.4) is 0 Å². The lowest BCUT2D eigenvalue weighted by Gasteiger charge is -2.07. The Kier molecular flexibility index (Phi) is 5.66. The Hall–Kier alpha value is -1.27. The highest BCUT2D eigenvalue weighted by atomic mass is 35.5. The van der Waals surface area contributed by atoms with Crippen LogP contribution in [0, 0.1) is 0 Å². The average Bonchev–Trinajstić information content (AvgIpc) is 2.79. The highest BCUT2D eigenvalue weighted by Crippen LogP contribution is 2.07. The van der Waals surface area contributed by atoms with E-state index in [4.69, 9.17) is 11.6 Å². The number of carbonyl (C=O) groups excluding carboxylic acids is 2. The first kappa shape index (κ1) is 12.8. The molecule has 5 nitrogen and oxygen atoms in total. The van der Waals surface area contributed by atoms with Crippen molar-refractivity contribution >= 4 is 34.9 Å². The predicted octanol–water partition coefficient (Wildman–Crippen LogP) is 0.860. The third-order valence-corrected chi connectivity index (χ3v) is 2.85. The number of halogens is 1. The van der Waals surface area contributed by atoms with Gasteiger partial charge in [-0.1, -0.05) is 6.07 Å². The topological polar surface area (TPSA) is 70.2 Å². The van der Waals surface area contributed by atoms with Gasteiger partial charge in [0.2, 0.25) is 0 Å². The molecule has 1 heterocycles. The maximum absolute atomic E-state index is 11.1. The van der Waals surface area contributed by atoms with Crippen LogP contribution in [0.2, 0.25) is 0 Å². The summed E-state index contributed by atoms with van der Waals surface area (Å²) in [5.41, 5.74) is 4.33. The van der Waals surface area contributed by atoms with Crippen LogP contribution < -0.4 is 16.2 Å². The van der Waals surface area contributed by atoms with Crippen molar-refractivity contribution < 1.29 is 9.59 Å². The molecule has 0 aliphatic carbocycles. The number of alkyl halides is 1. The summed E-state index contributed by atoms with van der Waals surface area (Å²) in [4.78, 5) is 23.0. The third kappa shape index (κ3) is 4.99. The van der Waals surface area contributed by atoms with E-state index in [0.717, 1.165) is 6.42 Å². The van der Waals surface area contributed by atoms with Gasteiger partial charge in [0.15, 0.2) is 0 Å². The second-order valence-electron chi connectivity index (χ2n) is 2.89. The number of hydrogen-bond acceptors (Lipinski definition) is 3. The van der Waals surface area contributed by atoms with Gasteiger partial charge in [0, 0.05) is 11.4 Å². The normalized spacial score (nSPS) is 9.56. The molecule has 0 spiro atoms. The van der Waals surface area contributed by atoms with Gasteiger partial charge < -0.3 is 5.32 Å². The molecule has 0 radical (unpaired) electrons. The van der Waals surface area contributed by atoms with Crippen molar-refractivity contribution in [2.75, 3.05) is 12.4 Å². The number of rotatable bonds is 4. The highest BCUT2D eigenvalue weighted by molar-refractivity contribution is 7.09. The second-order valence-corrected chi connectivity index (χ2v) is 4.19. The first-order valence-electron chi connectivity index (χ1n) is 4.63. The molecule has 0 bridgehead atoms. The van der Waals surface area contributed by atoms with Crippen LogP contribution in [0.1, 0.15) is 4.88 Å². The smallest absolute Gasteiger partial charge is 0.333 e. The van der Waals surface area contributed by atoms with Crippen LogP contribution >= 0.6 is 22.9 Å². The Labute approximate surface area is 102 Å². The number of carbonyl (C=O) groups is 2. The number of amides is 3. The van der Waals surface area contributed by atoms with Crippen LogP contribution in [0.25, 0.3) is 0 Å². The first-order valence-corrected chi connectivity index (χ1v) is 6.05. The molecule has 1 rings (SSSR count). The molecule has 0 aliphatic rings. The van der Waals surface area contributed by atoms with E-state index in [2.05, 4.69) is 16.2 Å². The number of thiophene rings is 1. The summed E-state index contributed by atoms with van der Waals surface area (Å²) in [7, 11) is 0. The number of hydrazine groups is 1. The standard InChI is InChI=1S/C9H12ClN3O2S/c10-6-8(14)12-13-9(15)11-4-3-7-2-1-5-16-7/h1-2,5H,3-4,6H2,(H,12,14)(H2,11,13,15). The van der Waals surface area contributed by atoms with Crippen molar-refractivity contribution in [2.45, 2.75) is 6.42 Å². The zero-order valence-electron chi connectivity index (χ0n) is 8.46. The van der Waals surface area contributed by atoms with E-state index in [1.165, 1.54) is 4.88 Å².